The van der Waals surface area contributed by atoms with E-state index in [0.29, 0.717) is 17.8 Å². The van der Waals surface area contributed by atoms with Crippen molar-refractivity contribution >= 4 is 21.6 Å². The molecule has 1 atom stereocenters. The Labute approximate surface area is 199 Å². The van der Waals surface area contributed by atoms with Gasteiger partial charge in [0, 0.05) is 23.6 Å². The number of nitrogens with one attached hydrogen (secondary N) is 2. The Morgan fingerprint density at radius 3 is 2.47 bits per heavy atom. The van der Waals surface area contributed by atoms with Gasteiger partial charge in [-0.25, -0.2) is 8.42 Å². The van der Waals surface area contributed by atoms with Gasteiger partial charge < -0.3 is 5.32 Å². The van der Waals surface area contributed by atoms with Crippen LogP contribution in [0.5, 0.6) is 0 Å². The lowest BCUT2D eigenvalue weighted by Gasteiger charge is -2.17. The summed E-state index contributed by atoms with van der Waals surface area (Å²) in [7, 11) is -3.38. The third kappa shape index (κ3) is 5.90. The van der Waals surface area contributed by atoms with E-state index in [9.17, 15) is 13.2 Å². The number of anilines is 1. The van der Waals surface area contributed by atoms with Gasteiger partial charge >= 0.3 is 0 Å². The number of hydrogen-bond acceptors (Lipinski definition) is 4. The van der Waals surface area contributed by atoms with Gasteiger partial charge in [-0.1, -0.05) is 54.6 Å². The highest BCUT2D eigenvalue weighted by Gasteiger charge is 2.16. The second-order valence-electron chi connectivity index (χ2n) is 8.14. The highest BCUT2D eigenvalue weighted by molar-refractivity contribution is 7.92. The first-order valence-corrected chi connectivity index (χ1v) is 12.7. The molecule has 0 bridgehead atoms. The van der Waals surface area contributed by atoms with Crippen LogP contribution in [0.3, 0.4) is 0 Å². The van der Waals surface area contributed by atoms with Crippen LogP contribution in [-0.4, -0.2) is 30.4 Å². The van der Waals surface area contributed by atoms with E-state index >= 15 is 0 Å². The van der Waals surface area contributed by atoms with E-state index in [4.69, 9.17) is 0 Å². The molecule has 4 aromatic rings. The summed E-state index contributed by atoms with van der Waals surface area (Å²) in [4.78, 5) is 13.2. The molecule has 0 saturated heterocycles. The van der Waals surface area contributed by atoms with Gasteiger partial charge in [-0.05, 0) is 53.4 Å². The maximum Gasteiger partial charge on any atom is 0.252 e. The molecule has 1 heterocycles. The standard InChI is InChI=1S/C26H26N4O3S/c1-19(22-7-5-8-23(17-22)29-34(2,32)33)28-26(31)25-10-4-3-9-24(25)21-13-11-20(12-14-21)18-30-16-6-15-27-30/h3-17,19,29H,18H2,1-2H3,(H,28,31). The molecule has 0 spiro atoms. The lowest BCUT2D eigenvalue weighted by atomic mass is 9.97. The summed E-state index contributed by atoms with van der Waals surface area (Å²) < 4.78 is 27.4. The number of aromatic nitrogens is 2. The van der Waals surface area contributed by atoms with Crippen LogP contribution in [0.1, 0.15) is 34.5 Å². The Hall–Kier alpha value is -3.91. The molecule has 0 fully saturated rings. The molecule has 2 N–H and O–H groups in total. The SMILES string of the molecule is CC(NC(=O)c1ccccc1-c1ccc(Cn2cccn2)cc1)c1cccc(NS(C)(=O)=O)c1. The van der Waals surface area contributed by atoms with Crippen molar-refractivity contribution in [1.29, 1.82) is 0 Å². The highest BCUT2D eigenvalue weighted by atomic mass is 32.2. The topological polar surface area (TPSA) is 93.1 Å². The summed E-state index contributed by atoms with van der Waals surface area (Å²) in [5, 5.41) is 7.26. The van der Waals surface area contributed by atoms with Crippen LogP contribution < -0.4 is 10.0 Å². The first kappa shape index (κ1) is 23.3. The minimum Gasteiger partial charge on any atom is -0.345 e. The number of rotatable bonds is 8. The Balaban J connectivity index is 1.51. The molecule has 0 aliphatic heterocycles. The summed E-state index contributed by atoms with van der Waals surface area (Å²) in [6.45, 7) is 2.55. The predicted octanol–water partition coefficient (Wildman–Crippen LogP) is 4.46. The zero-order valence-electron chi connectivity index (χ0n) is 19.0. The van der Waals surface area contributed by atoms with Crippen LogP contribution in [0.25, 0.3) is 11.1 Å². The van der Waals surface area contributed by atoms with Gasteiger partial charge in [0.25, 0.3) is 5.91 Å². The molecule has 0 aliphatic rings. The molecule has 1 aromatic heterocycles. The van der Waals surface area contributed by atoms with Gasteiger partial charge in [-0.15, -0.1) is 0 Å². The molecule has 8 heteroatoms. The summed E-state index contributed by atoms with van der Waals surface area (Å²) in [5.41, 5.74) is 4.72. The third-order valence-corrected chi connectivity index (χ3v) is 5.98. The molecule has 34 heavy (non-hydrogen) atoms. The van der Waals surface area contributed by atoms with Gasteiger partial charge in [0.15, 0.2) is 0 Å². The number of carbonyl (C=O) groups is 1. The lowest BCUT2D eigenvalue weighted by molar-refractivity contribution is 0.0940. The van der Waals surface area contributed by atoms with E-state index in [1.807, 2.05) is 72.4 Å². The first-order valence-electron chi connectivity index (χ1n) is 10.8. The molecule has 4 rings (SSSR count). The van der Waals surface area contributed by atoms with Crippen molar-refractivity contribution in [2.45, 2.75) is 19.5 Å². The molecule has 0 aliphatic carbocycles. The monoisotopic (exact) mass is 474 g/mol. The summed E-state index contributed by atoms with van der Waals surface area (Å²) in [5.74, 6) is -0.204. The minimum atomic E-state index is -3.38. The summed E-state index contributed by atoms with van der Waals surface area (Å²) >= 11 is 0. The van der Waals surface area contributed by atoms with E-state index in [0.717, 1.165) is 28.5 Å². The number of sulfonamides is 1. The maximum atomic E-state index is 13.2. The number of benzene rings is 3. The normalized spacial score (nSPS) is 12.2. The molecule has 174 valence electrons. The van der Waals surface area contributed by atoms with Crippen molar-refractivity contribution in [2.75, 3.05) is 11.0 Å². The van der Waals surface area contributed by atoms with Crippen LogP contribution >= 0.6 is 0 Å². The van der Waals surface area contributed by atoms with E-state index in [-0.39, 0.29) is 11.9 Å². The number of carbonyl (C=O) groups excluding carboxylic acids is 1. The van der Waals surface area contributed by atoms with Crippen molar-refractivity contribution in [3.8, 4) is 11.1 Å². The Morgan fingerprint density at radius 2 is 1.76 bits per heavy atom. The quantitative estimate of drug-likeness (QED) is 0.394. The first-order chi connectivity index (χ1) is 16.3. The van der Waals surface area contributed by atoms with Gasteiger partial charge in [-0.3, -0.25) is 14.2 Å². The van der Waals surface area contributed by atoms with Crippen molar-refractivity contribution in [3.05, 3.63) is 108 Å². The van der Waals surface area contributed by atoms with Crippen molar-refractivity contribution < 1.29 is 13.2 Å². The number of hydrogen-bond donors (Lipinski definition) is 2. The van der Waals surface area contributed by atoms with Gasteiger partial charge in [0.05, 0.1) is 18.8 Å². The van der Waals surface area contributed by atoms with Crippen molar-refractivity contribution in [3.63, 3.8) is 0 Å². The summed E-state index contributed by atoms with van der Waals surface area (Å²) in [6, 6.07) is 24.1. The average molecular weight is 475 g/mol. The minimum absolute atomic E-state index is 0.204. The highest BCUT2D eigenvalue weighted by Crippen LogP contribution is 2.26. The molecule has 0 radical (unpaired) electrons. The van der Waals surface area contributed by atoms with Crippen LogP contribution in [0, 0.1) is 0 Å². The van der Waals surface area contributed by atoms with Crippen LogP contribution in [0.4, 0.5) is 5.69 Å². The second-order valence-corrected chi connectivity index (χ2v) is 9.89. The largest absolute Gasteiger partial charge is 0.345 e. The molecular formula is C26H26N4O3S. The second kappa shape index (κ2) is 9.93. The fourth-order valence-corrected chi connectivity index (χ4v) is 4.30. The molecule has 1 amide bonds. The Kier molecular flexibility index (Phi) is 6.79. The fourth-order valence-electron chi connectivity index (χ4n) is 3.75. The van der Waals surface area contributed by atoms with Crippen molar-refractivity contribution in [2.24, 2.45) is 0 Å². The molecule has 1 unspecified atom stereocenters. The Morgan fingerprint density at radius 1 is 1.00 bits per heavy atom. The average Bonchev–Trinajstić information content (AvgIpc) is 3.32. The van der Waals surface area contributed by atoms with Crippen LogP contribution in [-0.2, 0) is 16.6 Å². The predicted molar refractivity (Wildman–Crippen MR) is 134 cm³/mol. The Bertz CT molecular complexity index is 1380. The zero-order valence-corrected chi connectivity index (χ0v) is 19.8. The smallest absolute Gasteiger partial charge is 0.252 e. The van der Waals surface area contributed by atoms with Crippen molar-refractivity contribution in [1.82, 2.24) is 15.1 Å². The van der Waals surface area contributed by atoms with Gasteiger partial charge in [0.1, 0.15) is 0 Å². The lowest BCUT2D eigenvalue weighted by Crippen LogP contribution is -2.27. The van der Waals surface area contributed by atoms with E-state index in [2.05, 4.69) is 15.1 Å². The molecule has 0 saturated carbocycles. The van der Waals surface area contributed by atoms with E-state index in [1.165, 1.54) is 0 Å². The molecule has 7 nitrogen and oxygen atoms in total. The van der Waals surface area contributed by atoms with Gasteiger partial charge in [-0.2, -0.15) is 5.10 Å². The van der Waals surface area contributed by atoms with Crippen LogP contribution in [0.15, 0.2) is 91.3 Å². The van der Waals surface area contributed by atoms with E-state index in [1.54, 1.807) is 30.5 Å². The maximum absolute atomic E-state index is 13.2. The fraction of sp³-hybridized carbons (Fsp3) is 0.154. The third-order valence-electron chi connectivity index (χ3n) is 5.38. The molecule has 3 aromatic carbocycles. The zero-order chi connectivity index (χ0) is 24.1. The number of nitrogens with zero attached hydrogens (tertiary/aromatic N) is 2. The number of amides is 1. The molecular weight excluding hydrogens is 448 g/mol. The van der Waals surface area contributed by atoms with E-state index < -0.39 is 10.0 Å². The van der Waals surface area contributed by atoms with Gasteiger partial charge in [0.2, 0.25) is 10.0 Å². The summed E-state index contributed by atoms with van der Waals surface area (Å²) in [6.07, 6.45) is 4.77. The van der Waals surface area contributed by atoms with Crippen LogP contribution in [0.2, 0.25) is 0 Å².